The van der Waals surface area contributed by atoms with E-state index in [1.165, 1.54) is 31.5 Å². The molecule has 0 atom stereocenters. The summed E-state index contributed by atoms with van der Waals surface area (Å²) in [6.07, 6.45) is 7.55. The highest BCUT2D eigenvalue weighted by Gasteiger charge is 2.19. The normalized spacial score (nSPS) is 16.0. The summed E-state index contributed by atoms with van der Waals surface area (Å²) in [5.41, 5.74) is 1.83. The number of aliphatic imine (C=N–C) groups is 1. The van der Waals surface area contributed by atoms with Crippen molar-refractivity contribution in [1.82, 2.24) is 25.3 Å². The van der Waals surface area contributed by atoms with Gasteiger partial charge in [-0.15, -0.1) is 0 Å². The quantitative estimate of drug-likeness (QED) is 0.488. The van der Waals surface area contributed by atoms with Crippen molar-refractivity contribution >= 4 is 5.96 Å². The zero-order valence-corrected chi connectivity index (χ0v) is 18.3. The van der Waals surface area contributed by atoms with Gasteiger partial charge in [0.25, 0.3) is 0 Å². The zero-order valence-electron chi connectivity index (χ0n) is 18.3. The number of unbranched alkanes of at least 4 members (excludes halogenated alkanes) is 1. The van der Waals surface area contributed by atoms with Gasteiger partial charge in [-0.3, -0.25) is 4.99 Å². The van der Waals surface area contributed by atoms with E-state index in [1.807, 2.05) is 12.3 Å². The van der Waals surface area contributed by atoms with Gasteiger partial charge in [-0.05, 0) is 63.1 Å². The monoisotopic (exact) mass is 414 g/mol. The molecule has 0 saturated carbocycles. The topological polar surface area (TPSA) is 57.5 Å². The lowest BCUT2D eigenvalue weighted by molar-refractivity contribution is 0.203. The van der Waals surface area contributed by atoms with Crippen molar-refractivity contribution in [1.29, 1.82) is 0 Å². The van der Waals surface area contributed by atoms with E-state index in [1.54, 1.807) is 16.8 Å². The molecule has 1 fully saturated rings. The van der Waals surface area contributed by atoms with Crippen LogP contribution in [0.2, 0.25) is 0 Å². The van der Waals surface area contributed by atoms with Gasteiger partial charge in [0.05, 0.1) is 11.4 Å². The Morgan fingerprint density at radius 2 is 1.93 bits per heavy atom. The van der Waals surface area contributed by atoms with Crippen LogP contribution in [0, 0.1) is 5.82 Å². The molecule has 1 aliphatic rings. The van der Waals surface area contributed by atoms with Crippen LogP contribution in [0.4, 0.5) is 4.39 Å². The number of rotatable bonds is 9. The molecule has 0 radical (unpaired) electrons. The fourth-order valence-corrected chi connectivity index (χ4v) is 3.71. The first-order chi connectivity index (χ1) is 14.7. The van der Waals surface area contributed by atoms with Crippen LogP contribution >= 0.6 is 0 Å². The Labute approximate surface area is 179 Å². The second kappa shape index (κ2) is 11.7. The summed E-state index contributed by atoms with van der Waals surface area (Å²) in [4.78, 5) is 7.32. The second-order valence-corrected chi connectivity index (χ2v) is 7.85. The van der Waals surface area contributed by atoms with Gasteiger partial charge in [-0.25, -0.2) is 9.07 Å². The first kappa shape index (κ1) is 22.3. The maximum Gasteiger partial charge on any atom is 0.191 e. The molecule has 1 saturated heterocycles. The van der Waals surface area contributed by atoms with Gasteiger partial charge in [-0.2, -0.15) is 5.10 Å². The molecule has 2 N–H and O–H groups in total. The molecule has 0 unspecified atom stereocenters. The molecule has 6 nitrogen and oxygen atoms in total. The van der Waals surface area contributed by atoms with E-state index >= 15 is 0 Å². The van der Waals surface area contributed by atoms with Gasteiger partial charge in [0.2, 0.25) is 0 Å². The highest BCUT2D eigenvalue weighted by molar-refractivity contribution is 5.80. The van der Waals surface area contributed by atoms with Crippen molar-refractivity contribution in [3.05, 3.63) is 48.0 Å². The number of hydrogen-bond acceptors (Lipinski definition) is 3. The third-order valence-corrected chi connectivity index (χ3v) is 5.47. The molecule has 0 bridgehead atoms. The van der Waals surface area contributed by atoms with Crippen molar-refractivity contribution in [3.8, 4) is 5.69 Å². The number of likely N-dealkylation sites (tertiary alicyclic amines) is 1. The van der Waals surface area contributed by atoms with Crippen LogP contribution in [0.3, 0.4) is 0 Å². The van der Waals surface area contributed by atoms with Crippen molar-refractivity contribution < 1.29 is 4.39 Å². The molecule has 7 heteroatoms. The van der Waals surface area contributed by atoms with Gasteiger partial charge in [0.15, 0.2) is 5.96 Å². The molecule has 1 aromatic carbocycles. The van der Waals surface area contributed by atoms with Crippen LogP contribution in [-0.4, -0.2) is 59.4 Å². The predicted octanol–water partition coefficient (Wildman–Crippen LogP) is 3.37. The molecule has 1 aliphatic heterocycles. The summed E-state index contributed by atoms with van der Waals surface area (Å²) in [5, 5.41) is 11.5. The molecule has 30 heavy (non-hydrogen) atoms. The van der Waals surface area contributed by atoms with Crippen LogP contribution in [0.5, 0.6) is 0 Å². The summed E-state index contributed by atoms with van der Waals surface area (Å²) in [6, 6.07) is 8.83. The Balaban J connectivity index is 1.47. The average Bonchev–Trinajstić information content (AvgIpc) is 3.23. The van der Waals surface area contributed by atoms with Crippen LogP contribution in [-0.2, 0) is 6.42 Å². The van der Waals surface area contributed by atoms with Crippen LogP contribution in [0.1, 0.15) is 45.2 Å². The average molecular weight is 415 g/mol. The predicted molar refractivity (Wildman–Crippen MR) is 121 cm³/mol. The summed E-state index contributed by atoms with van der Waals surface area (Å²) >= 11 is 0. The Hall–Kier alpha value is -2.41. The molecule has 2 heterocycles. The van der Waals surface area contributed by atoms with Crippen LogP contribution in [0.25, 0.3) is 5.69 Å². The molecular weight excluding hydrogens is 379 g/mol. The van der Waals surface area contributed by atoms with Crippen molar-refractivity contribution in [3.63, 3.8) is 0 Å². The number of nitrogens with one attached hydrogen (secondary N) is 2. The fraction of sp³-hybridized carbons (Fsp3) is 0.565. The van der Waals surface area contributed by atoms with Crippen molar-refractivity contribution in [2.24, 2.45) is 4.99 Å². The first-order valence-electron chi connectivity index (χ1n) is 11.3. The fourth-order valence-electron chi connectivity index (χ4n) is 3.71. The number of aromatic nitrogens is 2. The lowest BCUT2D eigenvalue weighted by Gasteiger charge is -2.33. The smallest absolute Gasteiger partial charge is 0.191 e. The van der Waals surface area contributed by atoms with E-state index in [0.717, 1.165) is 56.2 Å². The maximum absolute atomic E-state index is 13.1. The maximum atomic E-state index is 13.1. The third kappa shape index (κ3) is 6.83. The summed E-state index contributed by atoms with van der Waals surface area (Å²) in [5.74, 6) is 0.651. The molecule has 0 aliphatic carbocycles. The number of nitrogens with zero attached hydrogens (tertiary/aromatic N) is 4. The highest BCUT2D eigenvalue weighted by atomic mass is 19.1. The van der Waals surface area contributed by atoms with E-state index in [2.05, 4.69) is 34.5 Å². The molecule has 2 aromatic rings. The molecule has 1 aromatic heterocycles. The van der Waals surface area contributed by atoms with Crippen molar-refractivity contribution in [2.45, 2.75) is 52.0 Å². The SMILES string of the molecule is CCCCN1CCC(NC(=NCCc2ccn(-c3ccc(F)cc3)n2)NCC)CC1. The number of guanidine groups is 1. The highest BCUT2D eigenvalue weighted by Crippen LogP contribution is 2.11. The standard InChI is InChI=1S/C23H35FN6/c1-3-5-15-29-16-11-20(12-17-29)27-23(25-4-2)26-14-10-21-13-18-30(28-21)22-8-6-19(24)7-9-22/h6-9,13,18,20H,3-5,10-12,14-17H2,1-2H3,(H2,25,26,27). The minimum Gasteiger partial charge on any atom is -0.357 e. The van der Waals surface area contributed by atoms with Crippen molar-refractivity contribution in [2.75, 3.05) is 32.7 Å². The summed E-state index contributed by atoms with van der Waals surface area (Å²) in [7, 11) is 0. The minimum absolute atomic E-state index is 0.240. The molecule has 0 amide bonds. The zero-order chi connectivity index (χ0) is 21.2. The van der Waals surface area contributed by atoms with Gasteiger partial charge >= 0.3 is 0 Å². The van der Waals surface area contributed by atoms with Crippen LogP contribution in [0.15, 0.2) is 41.5 Å². The Bertz CT molecular complexity index is 777. The largest absolute Gasteiger partial charge is 0.357 e. The van der Waals surface area contributed by atoms with E-state index in [0.29, 0.717) is 12.6 Å². The lowest BCUT2D eigenvalue weighted by Crippen LogP contribution is -2.48. The van der Waals surface area contributed by atoms with E-state index < -0.39 is 0 Å². The van der Waals surface area contributed by atoms with Gasteiger partial charge in [0, 0.05) is 44.8 Å². The lowest BCUT2D eigenvalue weighted by atomic mass is 10.0. The number of hydrogen-bond donors (Lipinski definition) is 2. The molecule has 164 valence electrons. The molecule has 3 rings (SSSR count). The number of piperidine rings is 1. The van der Waals surface area contributed by atoms with Crippen LogP contribution < -0.4 is 10.6 Å². The van der Waals surface area contributed by atoms with E-state index in [4.69, 9.17) is 4.99 Å². The van der Waals surface area contributed by atoms with Gasteiger partial charge in [0.1, 0.15) is 5.82 Å². The molecular formula is C23H35FN6. The minimum atomic E-state index is -0.240. The Kier molecular flexibility index (Phi) is 8.68. The van der Waals surface area contributed by atoms with E-state index in [9.17, 15) is 4.39 Å². The second-order valence-electron chi connectivity index (χ2n) is 7.85. The molecule has 0 spiro atoms. The first-order valence-corrected chi connectivity index (χ1v) is 11.3. The van der Waals surface area contributed by atoms with Gasteiger partial charge < -0.3 is 15.5 Å². The Morgan fingerprint density at radius 1 is 1.17 bits per heavy atom. The summed E-state index contributed by atoms with van der Waals surface area (Å²) in [6.45, 7) is 9.42. The van der Waals surface area contributed by atoms with Gasteiger partial charge in [-0.1, -0.05) is 13.3 Å². The third-order valence-electron chi connectivity index (χ3n) is 5.47. The van der Waals surface area contributed by atoms with E-state index in [-0.39, 0.29) is 5.82 Å². The Morgan fingerprint density at radius 3 is 2.63 bits per heavy atom. The summed E-state index contributed by atoms with van der Waals surface area (Å²) < 4.78 is 14.9. The number of benzene rings is 1. The number of halogens is 1.